The highest BCUT2D eigenvalue weighted by Gasteiger charge is 2.31. The van der Waals surface area contributed by atoms with Crippen molar-refractivity contribution in [3.63, 3.8) is 0 Å². The Labute approximate surface area is 190 Å². The zero-order chi connectivity index (χ0) is 22.6. The van der Waals surface area contributed by atoms with Crippen molar-refractivity contribution in [1.29, 1.82) is 0 Å². The van der Waals surface area contributed by atoms with E-state index in [2.05, 4.69) is 35.9 Å². The van der Waals surface area contributed by atoms with E-state index in [-0.39, 0.29) is 5.75 Å². The molecule has 1 unspecified atom stereocenters. The second-order valence-electron chi connectivity index (χ2n) is 9.80. The minimum absolute atomic E-state index is 0.112. The summed E-state index contributed by atoms with van der Waals surface area (Å²) in [5.41, 5.74) is 4.95. The van der Waals surface area contributed by atoms with E-state index in [4.69, 9.17) is 0 Å². The van der Waals surface area contributed by atoms with Crippen LogP contribution in [0.3, 0.4) is 0 Å². The van der Waals surface area contributed by atoms with Gasteiger partial charge in [0.25, 0.3) is 0 Å². The van der Waals surface area contributed by atoms with E-state index in [9.17, 15) is 13.2 Å². The third kappa shape index (κ3) is 6.08. The van der Waals surface area contributed by atoms with Gasteiger partial charge in [-0.1, -0.05) is 62.9 Å². The summed E-state index contributed by atoms with van der Waals surface area (Å²) in [5, 5.41) is 0. The molecule has 0 spiro atoms. The van der Waals surface area contributed by atoms with Gasteiger partial charge in [0.1, 0.15) is 5.75 Å². The zero-order valence-electron chi connectivity index (χ0n) is 19.1. The summed E-state index contributed by atoms with van der Waals surface area (Å²) < 4.78 is 41.5. The first-order valence-electron chi connectivity index (χ1n) is 12.4. The van der Waals surface area contributed by atoms with Crippen molar-refractivity contribution in [2.24, 2.45) is 5.92 Å². The maximum absolute atomic E-state index is 12.5. The van der Waals surface area contributed by atoms with Crippen LogP contribution in [-0.2, 0) is 12.8 Å². The molecule has 0 radical (unpaired) electrons. The molecule has 1 nitrogen and oxygen atoms in total. The molecule has 0 aliphatic heterocycles. The average Bonchev–Trinajstić information content (AvgIpc) is 2.78. The number of aryl methyl sites for hydroxylation is 1. The molecule has 4 rings (SSSR count). The number of rotatable bonds is 7. The second kappa shape index (κ2) is 10.3. The van der Waals surface area contributed by atoms with E-state index < -0.39 is 6.36 Å². The fraction of sp³-hybridized carbons (Fsp3) is 0.571. The van der Waals surface area contributed by atoms with Crippen LogP contribution in [0.1, 0.15) is 98.8 Å². The molecular formula is C28H35F3O. The number of fused-ring (bicyclic) bond motifs is 1. The number of hydrogen-bond acceptors (Lipinski definition) is 1. The fourth-order valence-corrected chi connectivity index (χ4v) is 5.72. The summed E-state index contributed by atoms with van der Waals surface area (Å²) in [5.74, 6) is 1.95. The topological polar surface area (TPSA) is 9.23 Å². The lowest BCUT2D eigenvalue weighted by molar-refractivity contribution is -0.274. The molecule has 0 aromatic heterocycles. The van der Waals surface area contributed by atoms with Gasteiger partial charge < -0.3 is 4.74 Å². The van der Waals surface area contributed by atoms with Crippen LogP contribution < -0.4 is 4.74 Å². The molecule has 1 fully saturated rings. The van der Waals surface area contributed by atoms with Gasteiger partial charge in [-0.3, -0.25) is 0 Å². The number of ether oxygens (including phenoxy) is 1. The van der Waals surface area contributed by atoms with Crippen molar-refractivity contribution in [3.05, 3.63) is 64.7 Å². The zero-order valence-corrected chi connectivity index (χ0v) is 19.1. The molecule has 1 atom stereocenters. The number of hydrogen-bond donors (Lipinski definition) is 0. The molecule has 174 valence electrons. The molecule has 0 N–H and O–H groups in total. The van der Waals surface area contributed by atoms with Gasteiger partial charge in [0, 0.05) is 0 Å². The summed E-state index contributed by atoms with van der Waals surface area (Å²) in [7, 11) is 0. The first-order chi connectivity index (χ1) is 15.4. The maximum atomic E-state index is 12.5. The molecule has 2 aromatic carbocycles. The first kappa shape index (κ1) is 23.2. The standard InChI is InChI=1S/C28H35F3O/c1-2-3-4-5-20-6-8-21(9-7-20)22-10-12-23(13-11-22)24-14-15-26-19-27(32-28(29,30)31)17-16-25(26)18-24/h10-13,16-17,19-21,24H,2-9,14-15,18H2,1H3. The Kier molecular flexibility index (Phi) is 7.48. The summed E-state index contributed by atoms with van der Waals surface area (Å²) >= 11 is 0. The smallest absolute Gasteiger partial charge is 0.406 e. The van der Waals surface area contributed by atoms with Crippen molar-refractivity contribution in [1.82, 2.24) is 0 Å². The first-order valence-corrected chi connectivity index (χ1v) is 12.4. The van der Waals surface area contributed by atoms with Crippen molar-refractivity contribution in [3.8, 4) is 5.75 Å². The summed E-state index contributed by atoms with van der Waals surface area (Å²) in [6, 6.07) is 14.0. The van der Waals surface area contributed by atoms with E-state index in [1.165, 1.54) is 68.6 Å². The van der Waals surface area contributed by atoms with Gasteiger partial charge in [0.2, 0.25) is 0 Å². The normalized spacial score (nSPS) is 23.6. The Morgan fingerprint density at radius 2 is 1.50 bits per heavy atom. The van der Waals surface area contributed by atoms with Crippen molar-refractivity contribution in [2.45, 2.75) is 95.8 Å². The third-order valence-corrected chi connectivity index (χ3v) is 7.58. The van der Waals surface area contributed by atoms with Crippen molar-refractivity contribution >= 4 is 0 Å². The van der Waals surface area contributed by atoms with Crippen molar-refractivity contribution in [2.75, 3.05) is 0 Å². The predicted octanol–water partition coefficient (Wildman–Crippen LogP) is 8.71. The van der Waals surface area contributed by atoms with E-state index in [1.807, 2.05) is 0 Å². The molecule has 0 bridgehead atoms. The number of benzene rings is 2. The summed E-state index contributed by atoms with van der Waals surface area (Å²) in [6.07, 6.45) is 8.84. The Bertz CT molecular complexity index is 863. The van der Waals surface area contributed by atoms with Gasteiger partial charge in [0.05, 0.1) is 0 Å². The fourth-order valence-electron chi connectivity index (χ4n) is 5.72. The highest BCUT2D eigenvalue weighted by Crippen LogP contribution is 2.39. The molecule has 2 aliphatic rings. The molecule has 0 amide bonds. The Hall–Kier alpha value is -1.97. The molecule has 32 heavy (non-hydrogen) atoms. The largest absolute Gasteiger partial charge is 0.573 e. The van der Waals surface area contributed by atoms with Crippen molar-refractivity contribution < 1.29 is 17.9 Å². The summed E-state index contributed by atoms with van der Waals surface area (Å²) in [6.45, 7) is 2.27. The maximum Gasteiger partial charge on any atom is 0.573 e. The van der Waals surface area contributed by atoms with E-state index in [0.717, 1.165) is 36.3 Å². The lowest BCUT2D eigenvalue weighted by atomic mass is 9.76. The van der Waals surface area contributed by atoms with Crippen LogP contribution in [0.15, 0.2) is 42.5 Å². The second-order valence-corrected chi connectivity index (χ2v) is 9.80. The Morgan fingerprint density at radius 1 is 0.812 bits per heavy atom. The van der Waals surface area contributed by atoms with Gasteiger partial charge in [-0.25, -0.2) is 0 Å². The Balaban J connectivity index is 1.32. The molecule has 2 aliphatic carbocycles. The van der Waals surface area contributed by atoms with Crippen LogP contribution in [0.5, 0.6) is 5.75 Å². The van der Waals surface area contributed by atoms with Crippen LogP contribution in [0.2, 0.25) is 0 Å². The molecular weight excluding hydrogens is 409 g/mol. The number of unbranched alkanes of at least 4 members (excludes halogenated alkanes) is 2. The minimum Gasteiger partial charge on any atom is -0.406 e. The highest BCUT2D eigenvalue weighted by atomic mass is 19.4. The molecule has 4 heteroatoms. The predicted molar refractivity (Wildman–Crippen MR) is 123 cm³/mol. The molecule has 0 saturated heterocycles. The van der Waals surface area contributed by atoms with Crippen LogP contribution in [0.25, 0.3) is 0 Å². The number of halogens is 3. The molecule has 2 aromatic rings. The lowest BCUT2D eigenvalue weighted by Gasteiger charge is -2.29. The van der Waals surface area contributed by atoms with Crippen LogP contribution in [0.4, 0.5) is 13.2 Å². The number of alkyl halides is 3. The third-order valence-electron chi connectivity index (χ3n) is 7.58. The monoisotopic (exact) mass is 444 g/mol. The van der Waals surface area contributed by atoms with Crippen LogP contribution in [0, 0.1) is 5.92 Å². The van der Waals surface area contributed by atoms with Crippen LogP contribution >= 0.6 is 0 Å². The van der Waals surface area contributed by atoms with Crippen LogP contribution in [-0.4, -0.2) is 6.36 Å². The minimum atomic E-state index is -4.64. The van der Waals surface area contributed by atoms with Gasteiger partial charge in [-0.15, -0.1) is 13.2 Å². The van der Waals surface area contributed by atoms with E-state index in [1.54, 1.807) is 12.1 Å². The SMILES string of the molecule is CCCCCC1CCC(c2ccc(C3CCc4cc(OC(F)(F)F)ccc4C3)cc2)CC1. The highest BCUT2D eigenvalue weighted by molar-refractivity contribution is 5.40. The summed E-state index contributed by atoms with van der Waals surface area (Å²) in [4.78, 5) is 0. The molecule has 0 heterocycles. The Morgan fingerprint density at radius 3 is 2.16 bits per heavy atom. The van der Waals surface area contributed by atoms with Gasteiger partial charge in [-0.2, -0.15) is 0 Å². The van der Waals surface area contributed by atoms with Gasteiger partial charge >= 0.3 is 6.36 Å². The van der Waals surface area contributed by atoms with E-state index >= 15 is 0 Å². The van der Waals surface area contributed by atoms with Gasteiger partial charge in [-0.05, 0) is 97.1 Å². The molecule has 1 saturated carbocycles. The lowest BCUT2D eigenvalue weighted by Crippen LogP contribution is -2.18. The average molecular weight is 445 g/mol. The van der Waals surface area contributed by atoms with Gasteiger partial charge in [0.15, 0.2) is 0 Å². The quantitative estimate of drug-likeness (QED) is 0.388. The van der Waals surface area contributed by atoms with E-state index in [0.29, 0.717) is 11.8 Å².